The van der Waals surface area contributed by atoms with Crippen LogP contribution in [0.15, 0.2) is 53.9 Å². The number of hydrogen-bond acceptors (Lipinski definition) is 5. The summed E-state index contributed by atoms with van der Waals surface area (Å²) in [6.45, 7) is 2.42. The minimum absolute atomic E-state index is 0.102. The molecule has 3 rings (SSSR count). The molecule has 134 valence electrons. The third-order valence-electron chi connectivity index (χ3n) is 3.41. The van der Waals surface area contributed by atoms with Gasteiger partial charge in [-0.1, -0.05) is 29.8 Å². The molecule has 0 aliphatic rings. The van der Waals surface area contributed by atoms with Crippen molar-refractivity contribution in [1.29, 1.82) is 0 Å². The van der Waals surface area contributed by atoms with E-state index in [-0.39, 0.29) is 12.5 Å². The molecule has 0 aliphatic heterocycles. The van der Waals surface area contributed by atoms with Gasteiger partial charge in [0.15, 0.2) is 11.7 Å². The number of amides is 1. The Hall–Kier alpha value is -2.57. The number of benzene rings is 2. The van der Waals surface area contributed by atoms with Gasteiger partial charge < -0.3 is 9.47 Å². The van der Waals surface area contributed by atoms with Crippen molar-refractivity contribution in [1.82, 2.24) is 4.98 Å². The summed E-state index contributed by atoms with van der Waals surface area (Å²) in [5.41, 5.74) is 1.56. The third kappa shape index (κ3) is 4.74. The van der Waals surface area contributed by atoms with Gasteiger partial charge >= 0.3 is 0 Å². The number of nitrogens with one attached hydrogen (secondary N) is 1. The summed E-state index contributed by atoms with van der Waals surface area (Å²) >= 11 is 7.51. The number of rotatable bonds is 7. The lowest BCUT2D eigenvalue weighted by Crippen LogP contribution is -2.20. The standard InChI is InChI=1S/C19H17ClN2O3S/c1-2-24-13-7-9-14(10-8-13)25-11-18(23)22-19-21-17(12-26-19)15-5-3-4-6-16(15)20/h3-10,12H,2,11H2,1H3,(H,21,22,23). The average molecular weight is 389 g/mol. The van der Waals surface area contributed by atoms with Gasteiger partial charge in [0.1, 0.15) is 11.5 Å². The van der Waals surface area contributed by atoms with Crippen LogP contribution in [0.25, 0.3) is 11.3 Å². The maximum atomic E-state index is 12.0. The first kappa shape index (κ1) is 18.2. The van der Waals surface area contributed by atoms with E-state index in [9.17, 15) is 4.79 Å². The van der Waals surface area contributed by atoms with E-state index < -0.39 is 0 Å². The van der Waals surface area contributed by atoms with E-state index in [1.54, 1.807) is 30.3 Å². The summed E-state index contributed by atoms with van der Waals surface area (Å²) < 4.78 is 10.8. The fraction of sp³-hybridized carbons (Fsp3) is 0.158. The molecule has 1 heterocycles. The summed E-state index contributed by atoms with van der Waals surface area (Å²) in [5.74, 6) is 1.08. The highest BCUT2D eigenvalue weighted by atomic mass is 35.5. The van der Waals surface area contributed by atoms with Crippen LogP contribution in [0.1, 0.15) is 6.92 Å². The first-order valence-corrected chi connectivity index (χ1v) is 9.27. The van der Waals surface area contributed by atoms with Crippen molar-refractivity contribution in [3.8, 4) is 22.8 Å². The average Bonchev–Trinajstić information content (AvgIpc) is 3.10. The minimum Gasteiger partial charge on any atom is -0.494 e. The van der Waals surface area contributed by atoms with Crippen LogP contribution < -0.4 is 14.8 Å². The molecule has 0 aliphatic carbocycles. The van der Waals surface area contributed by atoms with Crippen molar-refractivity contribution < 1.29 is 14.3 Å². The molecule has 5 nitrogen and oxygen atoms in total. The molecule has 3 aromatic rings. The molecular weight excluding hydrogens is 372 g/mol. The Kier molecular flexibility index (Phi) is 6.09. The molecule has 0 unspecified atom stereocenters. The van der Waals surface area contributed by atoms with Gasteiger partial charge in [-0.25, -0.2) is 4.98 Å². The number of thiazole rings is 1. The van der Waals surface area contributed by atoms with Crippen LogP contribution in [0, 0.1) is 0 Å². The Morgan fingerprint density at radius 3 is 2.50 bits per heavy atom. The van der Waals surface area contributed by atoms with Gasteiger partial charge in [0.25, 0.3) is 5.91 Å². The van der Waals surface area contributed by atoms with Crippen LogP contribution >= 0.6 is 22.9 Å². The van der Waals surface area contributed by atoms with Gasteiger partial charge in [-0.15, -0.1) is 11.3 Å². The Labute approximate surface area is 160 Å². The van der Waals surface area contributed by atoms with Crippen LogP contribution in [-0.4, -0.2) is 24.1 Å². The predicted octanol–water partition coefficient (Wildman–Crippen LogP) is 4.88. The quantitative estimate of drug-likeness (QED) is 0.626. The number of carbonyl (C=O) groups excluding carboxylic acids is 1. The summed E-state index contributed by atoms with van der Waals surface area (Å²) in [7, 11) is 0. The molecule has 0 radical (unpaired) electrons. The van der Waals surface area contributed by atoms with Gasteiger partial charge in [-0.05, 0) is 37.3 Å². The molecule has 0 spiro atoms. The normalized spacial score (nSPS) is 10.4. The maximum absolute atomic E-state index is 12.0. The van der Waals surface area contributed by atoms with Gasteiger partial charge in [0, 0.05) is 16.0 Å². The first-order chi connectivity index (χ1) is 12.7. The van der Waals surface area contributed by atoms with Crippen LogP contribution in [0.4, 0.5) is 5.13 Å². The maximum Gasteiger partial charge on any atom is 0.264 e. The number of ether oxygens (including phenoxy) is 2. The van der Waals surface area contributed by atoms with Crippen LogP contribution in [0.2, 0.25) is 5.02 Å². The molecule has 0 saturated heterocycles. The number of anilines is 1. The van der Waals surface area contributed by atoms with E-state index in [1.165, 1.54) is 11.3 Å². The Balaban J connectivity index is 1.55. The van der Waals surface area contributed by atoms with Crippen molar-refractivity contribution in [3.05, 3.63) is 58.9 Å². The van der Waals surface area contributed by atoms with E-state index in [0.29, 0.717) is 22.5 Å². The zero-order valence-corrected chi connectivity index (χ0v) is 15.6. The zero-order chi connectivity index (χ0) is 18.4. The molecule has 0 fully saturated rings. The lowest BCUT2D eigenvalue weighted by molar-refractivity contribution is -0.118. The largest absolute Gasteiger partial charge is 0.494 e. The lowest BCUT2D eigenvalue weighted by atomic mass is 10.2. The van der Waals surface area contributed by atoms with Crippen molar-refractivity contribution >= 4 is 34.0 Å². The van der Waals surface area contributed by atoms with Gasteiger partial charge in [0.05, 0.1) is 12.3 Å². The van der Waals surface area contributed by atoms with Crippen molar-refractivity contribution in [2.45, 2.75) is 6.92 Å². The monoisotopic (exact) mass is 388 g/mol. The number of aromatic nitrogens is 1. The Bertz CT molecular complexity index is 881. The van der Waals surface area contributed by atoms with Gasteiger partial charge in [-0.3, -0.25) is 10.1 Å². The van der Waals surface area contributed by atoms with Crippen molar-refractivity contribution in [2.75, 3.05) is 18.5 Å². The number of carbonyl (C=O) groups is 1. The summed E-state index contributed by atoms with van der Waals surface area (Å²) in [6.07, 6.45) is 0. The first-order valence-electron chi connectivity index (χ1n) is 8.01. The molecule has 7 heteroatoms. The second kappa shape index (κ2) is 8.69. The molecule has 26 heavy (non-hydrogen) atoms. The smallest absolute Gasteiger partial charge is 0.264 e. The van der Waals surface area contributed by atoms with Crippen LogP contribution in [-0.2, 0) is 4.79 Å². The fourth-order valence-corrected chi connectivity index (χ4v) is 3.19. The van der Waals surface area contributed by atoms with Gasteiger partial charge in [0.2, 0.25) is 0 Å². The number of hydrogen-bond donors (Lipinski definition) is 1. The van der Waals surface area contributed by atoms with E-state index in [2.05, 4.69) is 10.3 Å². The highest BCUT2D eigenvalue weighted by Crippen LogP contribution is 2.30. The van der Waals surface area contributed by atoms with Crippen molar-refractivity contribution in [2.24, 2.45) is 0 Å². The van der Waals surface area contributed by atoms with E-state index in [1.807, 2.05) is 30.5 Å². The third-order valence-corrected chi connectivity index (χ3v) is 4.49. The van der Waals surface area contributed by atoms with Crippen LogP contribution in [0.5, 0.6) is 11.5 Å². The molecule has 0 saturated carbocycles. The highest BCUT2D eigenvalue weighted by molar-refractivity contribution is 7.14. The second-order valence-electron chi connectivity index (χ2n) is 5.26. The molecule has 0 bridgehead atoms. The molecule has 2 aromatic carbocycles. The molecular formula is C19H17ClN2O3S. The molecule has 1 N–H and O–H groups in total. The zero-order valence-electron chi connectivity index (χ0n) is 14.1. The highest BCUT2D eigenvalue weighted by Gasteiger charge is 2.10. The predicted molar refractivity (Wildman–Crippen MR) is 104 cm³/mol. The van der Waals surface area contributed by atoms with E-state index in [4.69, 9.17) is 21.1 Å². The topological polar surface area (TPSA) is 60.5 Å². The number of nitrogens with zero attached hydrogens (tertiary/aromatic N) is 1. The lowest BCUT2D eigenvalue weighted by Gasteiger charge is -2.07. The molecule has 1 aromatic heterocycles. The van der Waals surface area contributed by atoms with Crippen molar-refractivity contribution in [3.63, 3.8) is 0 Å². The van der Waals surface area contributed by atoms with Crippen LogP contribution in [0.3, 0.4) is 0 Å². The molecule has 0 atom stereocenters. The van der Waals surface area contributed by atoms with Gasteiger partial charge in [-0.2, -0.15) is 0 Å². The summed E-state index contributed by atoms with van der Waals surface area (Å²) in [5, 5.41) is 5.70. The summed E-state index contributed by atoms with van der Waals surface area (Å²) in [6, 6.07) is 14.6. The Morgan fingerprint density at radius 1 is 1.12 bits per heavy atom. The fourth-order valence-electron chi connectivity index (χ4n) is 2.23. The number of halogens is 1. The Morgan fingerprint density at radius 2 is 1.81 bits per heavy atom. The van der Waals surface area contributed by atoms with E-state index >= 15 is 0 Å². The molecule has 1 amide bonds. The second-order valence-corrected chi connectivity index (χ2v) is 6.52. The SMILES string of the molecule is CCOc1ccc(OCC(=O)Nc2nc(-c3ccccc3Cl)cs2)cc1. The van der Waals surface area contributed by atoms with E-state index in [0.717, 1.165) is 17.0 Å². The summed E-state index contributed by atoms with van der Waals surface area (Å²) in [4.78, 5) is 16.4. The minimum atomic E-state index is -0.279.